The van der Waals surface area contributed by atoms with Crippen molar-refractivity contribution >= 4 is 43.7 Å². The van der Waals surface area contributed by atoms with Crippen LogP contribution >= 0.6 is 15.9 Å². The second-order valence-corrected chi connectivity index (χ2v) is 7.99. The number of halogens is 1. The highest BCUT2D eigenvalue weighted by molar-refractivity contribution is 9.10. The molecule has 0 aliphatic rings. The second kappa shape index (κ2) is 7.11. The predicted octanol–water partition coefficient (Wildman–Crippen LogP) is 6.51. The van der Waals surface area contributed by atoms with Crippen molar-refractivity contribution in [2.45, 2.75) is 6.92 Å². The normalized spacial score (nSPS) is 11.3. The molecular formula is C25H15BrO4. The van der Waals surface area contributed by atoms with E-state index in [0.29, 0.717) is 27.7 Å². The van der Waals surface area contributed by atoms with E-state index in [4.69, 9.17) is 8.83 Å². The lowest BCUT2D eigenvalue weighted by Gasteiger charge is -2.05. The van der Waals surface area contributed by atoms with E-state index in [2.05, 4.69) is 15.9 Å². The second-order valence-electron chi connectivity index (χ2n) is 7.07. The van der Waals surface area contributed by atoms with Gasteiger partial charge in [0.05, 0.1) is 5.39 Å². The Morgan fingerprint density at radius 3 is 2.37 bits per heavy atom. The van der Waals surface area contributed by atoms with Crippen LogP contribution < -0.4 is 5.63 Å². The van der Waals surface area contributed by atoms with Gasteiger partial charge in [-0.2, -0.15) is 0 Å². The molecule has 5 rings (SSSR count). The van der Waals surface area contributed by atoms with Crippen LogP contribution in [0.1, 0.15) is 21.7 Å². The molecule has 0 amide bonds. The zero-order valence-corrected chi connectivity index (χ0v) is 17.5. The number of carbonyl (C=O) groups excluding carboxylic acids is 1. The molecule has 0 N–H and O–H groups in total. The minimum absolute atomic E-state index is 0.218. The number of aryl methyl sites for hydroxylation is 1. The minimum atomic E-state index is -0.437. The first-order chi connectivity index (χ1) is 14.5. The van der Waals surface area contributed by atoms with E-state index in [-0.39, 0.29) is 11.5 Å². The molecule has 5 heteroatoms. The largest absolute Gasteiger partial charge is 0.452 e. The molecule has 4 nitrogen and oxygen atoms in total. The van der Waals surface area contributed by atoms with Crippen molar-refractivity contribution in [2.24, 2.45) is 0 Å². The molecule has 0 saturated heterocycles. The van der Waals surface area contributed by atoms with Crippen LogP contribution in [0.4, 0.5) is 0 Å². The van der Waals surface area contributed by atoms with Crippen molar-refractivity contribution in [3.05, 3.63) is 105 Å². The number of furan rings is 1. The van der Waals surface area contributed by atoms with Crippen LogP contribution in [-0.4, -0.2) is 5.78 Å². The Labute approximate surface area is 179 Å². The summed E-state index contributed by atoms with van der Waals surface area (Å²) in [6.07, 6.45) is 0. The fraction of sp³-hybridized carbons (Fsp3) is 0.0400. The van der Waals surface area contributed by atoms with E-state index in [1.165, 1.54) is 6.07 Å². The summed E-state index contributed by atoms with van der Waals surface area (Å²) in [4.78, 5) is 25.5. The third-order valence-corrected chi connectivity index (χ3v) is 5.67. The van der Waals surface area contributed by atoms with Crippen molar-refractivity contribution in [1.82, 2.24) is 0 Å². The van der Waals surface area contributed by atoms with Crippen LogP contribution in [0.2, 0.25) is 0 Å². The van der Waals surface area contributed by atoms with Gasteiger partial charge in [0.1, 0.15) is 11.2 Å². The molecule has 0 spiro atoms. The van der Waals surface area contributed by atoms with E-state index in [9.17, 15) is 9.59 Å². The molecule has 2 heterocycles. The summed E-state index contributed by atoms with van der Waals surface area (Å²) in [5.41, 5.74) is 3.24. The molecule has 0 saturated carbocycles. The first-order valence-electron chi connectivity index (χ1n) is 9.38. The van der Waals surface area contributed by atoms with E-state index in [1.54, 1.807) is 12.1 Å². The smallest absolute Gasteiger partial charge is 0.336 e. The van der Waals surface area contributed by atoms with Gasteiger partial charge in [0.25, 0.3) is 0 Å². The molecular weight excluding hydrogens is 444 g/mol. The maximum atomic E-state index is 13.4. The zero-order valence-electron chi connectivity index (χ0n) is 15.9. The fourth-order valence-electron chi connectivity index (χ4n) is 3.73. The average molecular weight is 459 g/mol. The van der Waals surface area contributed by atoms with Crippen LogP contribution in [-0.2, 0) is 0 Å². The summed E-state index contributed by atoms with van der Waals surface area (Å²) < 4.78 is 12.5. The molecule has 0 bridgehead atoms. The molecule has 0 atom stereocenters. The molecule has 0 aliphatic heterocycles. The van der Waals surface area contributed by atoms with Crippen molar-refractivity contribution in [3.63, 3.8) is 0 Å². The number of hydrogen-bond acceptors (Lipinski definition) is 4. The molecule has 0 fully saturated rings. The molecule has 30 heavy (non-hydrogen) atoms. The van der Waals surface area contributed by atoms with Gasteiger partial charge >= 0.3 is 5.63 Å². The Morgan fingerprint density at radius 1 is 0.900 bits per heavy atom. The van der Waals surface area contributed by atoms with Crippen LogP contribution in [0.5, 0.6) is 0 Å². The van der Waals surface area contributed by atoms with Crippen LogP contribution in [0.15, 0.2) is 90.9 Å². The van der Waals surface area contributed by atoms with Gasteiger partial charge in [-0.3, -0.25) is 4.79 Å². The molecule has 2 aromatic heterocycles. The summed E-state index contributed by atoms with van der Waals surface area (Å²) in [5, 5.41) is 1.43. The van der Waals surface area contributed by atoms with Gasteiger partial charge in [-0.25, -0.2) is 4.79 Å². The van der Waals surface area contributed by atoms with Gasteiger partial charge in [0.2, 0.25) is 5.78 Å². The van der Waals surface area contributed by atoms with Crippen molar-refractivity contribution in [1.29, 1.82) is 0 Å². The lowest BCUT2D eigenvalue weighted by atomic mass is 9.96. The van der Waals surface area contributed by atoms with Gasteiger partial charge in [0.15, 0.2) is 5.76 Å². The highest BCUT2D eigenvalue weighted by Gasteiger charge is 2.25. The summed E-state index contributed by atoms with van der Waals surface area (Å²) in [6, 6.07) is 21.8. The molecule has 3 aromatic carbocycles. The number of rotatable bonds is 3. The number of fused-ring (bicyclic) bond motifs is 3. The third-order valence-electron chi connectivity index (χ3n) is 5.15. The van der Waals surface area contributed by atoms with Gasteiger partial charge in [-0.15, -0.1) is 0 Å². The predicted molar refractivity (Wildman–Crippen MR) is 120 cm³/mol. The first-order valence-corrected chi connectivity index (χ1v) is 10.2. The van der Waals surface area contributed by atoms with Crippen LogP contribution in [0.3, 0.4) is 0 Å². The van der Waals surface area contributed by atoms with Crippen molar-refractivity contribution < 1.29 is 13.6 Å². The topological polar surface area (TPSA) is 60.4 Å². The lowest BCUT2D eigenvalue weighted by molar-refractivity contribution is 0.101. The highest BCUT2D eigenvalue weighted by atomic mass is 79.9. The van der Waals surface area contributed by atoms with E-state index >= 15 is 0 Å². The summed E-state index contributed by atoms with van der Waals surface area (Å²) >= 11 is 3.39. The number of hydrogen-bond donors (Lipinski definition) is 0. The number of ketones is 1. The highest BCUT2D eigenvalue weighted by Crippen LogP contribution is 2.40. The Balaban J connectivity index is 1.89. The third kappa shape index (κ3) is 2.99. The zero-order chi connectivity index (χ0) is 20.8. The lowest BCUT2D eigenvalue weighted by Crippen LogP contribution is -2.01. The van der Waals surface area contributed by atoms with Gasteiger partial charge < -0.3 is 8.83 Å². The summed E-state index contributed by atoms with van der Waals surface area (Å²) in [5.74, 6) is -0.0177. The van der Waals surface area contributed by atoms with E-state index in [1.807, 2.05) is 61.5 Å². The van der Waals surface area contributed by atoms with E-state index < -0.39 is 5.63 Å². The van der Waals surface area contributed by atoms with Gasteiger partial charge in [-0.1, -0.05) is 46.3 Å². The fourth-order valence-corrected chi connectivity index (χ4v) is 4.00. The maximum Gasteiger partial charge on any atom is 0.336 e. The van der Waals surface area contributed by atoms with Crippen LogP contribution in [0.25, 0.3) is 33.1 Å². The maximum absolute atomic E-state index is 13.4. The molecule has 0 unspecified atom stereocenters. The average Bonchev–Trinajstić information content (AvgIpc) is 3.14. The van der Waals surface area contributed by atoms with Crippen LogP contribution in [0, 0.1) is 6.92 Å². The Hall–Kier alpha value is -3.44. The van der Waals surface area contributed by atoms with Crippen molar-refractivity contribution in [2.75, 3.05) is 0 Å². The summed E-state index contributed by atoms with van der Waals surface area (Å²) in [6.45, 7) is 1.86. The standard InChI is InChI=1S/C25H15BrO4/c1-14-13-20(27)30-24-18(14)11-12-19-22(24)21(15-5-3-2-4-6-15)25(29-19)23(28)16-7-9-17(26)10-8-16/h2-13H,1H3. The number of carbonyl (C=O) groups is 1. The van der Waals surface area contributed by atoms with Crippen molar-refractivity contribution in [3.8, 4) is 11.1 Å². The number of benzene rings is 3. The molecule has 5 aromatic rings. The monoisotopic (exact) mass is 458 g/mol. The quantitative estimate of drug-likeness (QED) is 0.228. The molecule has 146 valence electrons. The summed E-state index contributed by atoms with van der Waals surface area (Å²) in [7, 11) is 0. The first kappa shape index (κ1) is 18.6. The Morgan fingerprint density at radius 2 is 1.63 bits per heavy atom. The molecule has 0 radical (unpaired) electrons. The van der Waals surface area contributed by atoms with Gasteiger partial charge in [-0.05, 0) is 54.4 Å². The van der Waals surface area contributed by atoms with E-state index in [0.717, 1.165) is 21.0 Å². The van der Waals surface area contributed by atoms with Gasteiger partial charge in [0, 0.05) is 27.1 Å². The SMILES string of the molecule is Cc1cc(=O)oc2c1ccc1oc(C(=O)c3ccc(Br)cc3)c(-c3ccccc3)c12. The molecule has 0 aliphatic carbocycles. The Kier molecular flexibility index (Phi) is 4.40. The Bertz CT molecular complexity index is 1480. The minimum Gasteiger partial charge on any atom is -0.452 e.